The number of aliphatic carboxylic acids is 1. The van der Waals surface area contributed by atoms with Crippen molar-refractivity contribution >= 4 is 65.1 Å². The Kier molecular flexibility index (Phi) is 13.1. The van der Waals surface area contributed by atoms with Crippen molar-refractivity contribution < 1.29 is 37.0 Å². The number of sulfonamides is 1. The summed E-state index contributed by atoms with van der Waals surface area (Å²) in [5, 5.41) is 15.8. The number of carbonyl (C=O) groups excluding carboxylic acids is 2. The SMILES string of the molecule is O=C(NCCO[P+](=O)CC(=O)N1[C@@H]2CCCC[C@@H]2C[C@H]1C(=O)O)c1ccc(CNS(=O)(=O)c2cc3c(cc2Cl)NC(CCc2ccccc2)NS3)cc1. The first kappa shape index (κ1) is 39.1. The number of nitrogens with one attached hydrogen (secondary N) is 4. The second kappa shape index (κ2) is 17.7. The number of halogens is 1. The second-order valence-corrected chi connectivity index (χ2v) is 17.6. The molecule has 0 aromatic heterocycles. The number of carboxylic acid groups (broad SMARTS) is 1. The molecular weight excluding hydrogens is 761 g/mol. The van der Waals surface area contributed by atoms with E-state index in [9.17, 15) is 32.5 Å². The van der Waals surface area contributed by atoms with Crippen LogP contribution in [-0.2, 0) is 41.7 Å². The van der Waals surface area contributed by atoms with Gasteiger partial charge in [-0.1, -0.05) is 66.9 Å². The Morgan fingerprint density at radius 3 is 2.55 bits per heavy atom. The molecule has 17 heteroatoms. The van der Waals surface area contributed by atoms with Crippen LogP contribution in [0.15, 0.2) is 76.5 Å². The van der Waals surface area contributed by atoms with Gasteiger partial charge in [-0.15, -0.1) is 4.52 Å². The van der Waals surface area contributed by atoms with Gasteiger partial charge in [0.05, 0.1) is 16.9 Å². The number of anilines is 1. The lowest BCUT2D eigenvalue weighted by atomic mass is 9.85. The fourth-order valence-electron chi connectivity index (χ4n) is 7.10. The number of hydrogen-bond donors (Lipinski definition) is 5. The average molecular weight is 803 g/mol. The minimum Gasteiger partial charge on any atom is -0.480 e. The molecule has 2 aliphatic heterocycles. The Morgan fingerprint density at radius 1 is 1.04 bits per heavy atom. The maximum atomic E-state index is 13.2. The molecule has 282 valence electrons. The first-order valence-corrected chi connectivity index (χ1v) is 21.6. The number of carboxylic acids is 1. The third-order valence-electron chi connectivity index (χ3n) is 9.76. The predicted molar refractivity (Wildman–Crippen MR) is 202 cm³/mol. The zero-order valence-electron chi connectivity index (χ0n) is 28.8. The van der Waals surface area contributed by atoms with E-state index in [2.05, 4.69) is 32.2 Å². The van der Waals surface area contributed by atoms with Gasteiger partial charge in [-0.25, -0.2) is 22.7 Å². The fraction of sp³-hybridized carbons (Fsp3) is 0.417. The topological polar surface area (TPSA) is 183 Å². The van der Waals surface area contributed by atoms with Crippen LogP contribution >= 0.6 is 31.6 Å². The van der Waals surface area contributed by atoms with Crippen LogP contribution in [0, 0.1) is 5.92 Å². The lowest BCUT2D eigenvalue weighted by molar-refractivity contribution is -0.148. The standard InChI is InChI=1S/C36H41ClN5O8PS2/c37-27-19-28-31(52-41-33(40-28)15-12-23-6-2-1-3-7-23)20-32(27)53(48,49)39-21-24-10-13-25(14-11-24)35(44)38-16-17-50-51(47)22-34(43)42-29-9-5-4-8-26(29)18-30(42)36(45)46/h1-3,6-7,10-11,13-14,19-20,26,29-30,33,39-41H,4-5,8-9,12,15-18,21-22H2,(H-,38,44,45,46)/p+1/t26-,29-,30+,33?/m1/s1. The molecule has 0 spiro atoms. The molecule has 1 saturated heterocycles. The number of carbonyl (C=O) groups is 3. The lowest BCUT2D eigenvalue weighted by Crippen LogP contribution is -2.47. The lowest BCUT2D eigenvalue weighted by Gasteiger charge is -2.32. The zero-order chi connectivity index (χ0) is 37.5. The minimum atomic E-state index is -3.97. The molecule has 3 aromatic carbocycles. The van der Waals surface area contributed by atoms with Crippen LogP contribution in [0.4, 0.5) is 5.69 Å². The zero-order valence-corrected chi connectivity index (χ0v) is 32.1. The van der Waals surface area contributed by atoms with Gasteiger partial charge >= 0.3 is 14.0 Å². The van der Waals surface area contributed by atoms with Gasteiger partial charge in [0.1, 0.15) is 17.5 Å². The average Bonchev–Trinajstić information content (AvgIpc) is 3.55. The Labute approximate surface area is 319 Å². The van der Waals surface area contributed by atoms with Crippen molar-refractivity contribution in [2.45, 2.75) is 79.5 Å². The van der Waals surface area contributed by atoms with Crippen LogP contribution in [0.5, 0.6) is 0 Å². The van der Waals surface area contributed by atoms with Crippen molar-refractivity contribution in [1.82, 2.24) is 19.7 Å². The Hall–Kier alpha value is -3.56. The van der Waals surface area contributed by atoms with Crippen molar-refractivity contribution in [2.24, 2.45) is 5.92 Å². The van der Waals surface area contributed by atoms with Gasteiger partial charge in [-0.05, 0) is 89.9 Å². The summed E-state index contributed by atoms with van der Waals surface area (Å²) in [5.74, 6) is -1.80. The van der Waals surface area contributed by atoms with E-state index in [0.717, 1.165) is 44.2 Å². The number of hydrogen-bond acceptors (Lipinski definition) is 10. The highest BCUT2D eigenvalue weighted by Crippen LogP contribution is 2.41. The van der Waals surface area contributed by atoms with E-state index >= 15 is 0 Å². The Balaban J connectivity index is 0.929. The monoisotopic (exact) mass is 802 g/mol. The number of amides is 2. The molecule has 2 heterocycles. The Bertz CT molecular complexity index is 1940. The van der Waals surface area contributed by atoms with Crippen LogP contribution < -0.4 is 20.1 Å². The van der Waals surface area contributed by atoms with E-state index < -0.39 is 48.0 Å². The number of likely N-dealkylation sites (tertiary alicyclic amines) is 1. The number of rotatable bonds is 15. The van der Waals surface area contributed by atoms with Crippen molar-refractivity contribution in [3.8, 4) is 0 Å². The van der Waals surface area contributed by atoms with Gasteiger partial charge in [-0.3, -0.25) is 9.59 Å². The molecule has 0 bridgehead atoms. The molecule has 5 atom stereocenters. The van der Waals surface area contributed by atoms with Crippen molar-refractivity contribution in [3.63, 3.8) is 0 Å². The molecule has 5 N–H and O–H groups in total. The molecular formula is C36H42ClN5O8PS2+. The van der Waals surface area contributed by atoms with Crippen molar-refractivity contribution in [2.75, 3.05) is 24.6 Å². The smallest absolute Gasteiger partial charge is 0.480 e. The van der Waals surface area contributed by atoms with E-state index in [1.165, 1.54) is 28.5 Å². The van der Waals surface area contributed by atoms with Crippen LogP contribution in [0.3, 0.4) is 0 Å². The first-order chi connectivity index (χ1) is 25.5. The van der Waals surface area contributed by atoms with Gasteiger partial charge in [-0.2, -0.15) is 0 Å². The molecule has 2 fully saturated rings. The van der Waals surface area contributed by atoms with Gasteiger partial charge in [0.2, 0.25) is 10.0 Å². The molecule has 2 unspecified atom stereocenters. The van der Waals surface area contributed by atoms with Gasteiger partial charge in [0, 0.05) is 29.6 Å². The van der Waals surface area contributed by atoms with E-state index in [4.69, 9.17) is 16.1 Å². The van der Waals surface area contributed by atoms with E-state index in [1.54, 1.807) is 30.3 Å². The summed E-state index contributed by atoms with van der Waals surface area (Å²) in [4.78, 5) is 39.5. The molecule has 13 nitrogen and oxygen atoms in total. The number of benzene rings is 3. The second-order valence-electron chi connectivity index (χ2n) is 13.3. The molecule has 1 aliphatic carbocycles. The maximum Gasteiger partial charge on any atom is 0.518 e. The quantitative estimate of drug-likeness (QED) is 0.0740. The van der Waals surface area contributed by atoms with E-state index in [1.807, 2.05) is 18.2 Å². The molecule has 3 aromatic rings. The fourth-order valence-corrected chi connectivity index (χ4v) is 10.4. The molecule has 2 amide bonds. The molecule has 0 radical (unpaired) electrons. The van der Waals surface area contributed by atoms with Crippen LogP contribution in [-0.4, -0.2) is 73.8 Å². The van der Waals surface area contributed by atoms with E-state index in [-0.39, 0.29) is 47.7 Å². The number of nitrogens with zero attached hydrogens (tertiary/aromatic N) is 1. The highest BCUT2D eigenvalue weighted by atomic mass is 35.5. The summed E-state index contributed by atoms with van der Waals surface area (Å²) in [6.45, 7) is -0.108. The highest BCUT2D eigenvalue weighted by molar-refractivity contribution is 7.97. The number of fused-ring (bicyclic) bond motifs is 2. The predicted octanol–water partition coefficient (Wildman–Crippen LogP) is 5.53. The largest absolute Gasteiger partial charge is 0.518 e. The highest BCUT2D eigenvalue weighted by Gasteiger charge is 2.49. The summed E-state index contributed by atoms with van der Waals surface area (Å²) in [7, 11) is -6.37. The first-order valence-electron chi connectivity index (χ1n) is 17.5. The molecule has 53 heavy (non-hydrogen) atoms. The van der Waals surface area contributed by atoms with Crippen LogP contribution in [0.25, 0.3) is 0 Å². The summed E-state index contributed by atoms with van der Waals surface area (Å²) >= 11 is 7.82. The Morgan fingerprint density at radius 2 is 1.79 bits per heavy atom. The third-order valence-corrected chi connectivity index (χ3v) is 13.6. The summed E-state index contributed by atoms with van der Waals surface area (Å²) in [6.07, 6.45) is 5.27. The summed E-state index contributed by atoms with van der Waals surface area (Å²) in [5.41, 5.74) is 2.92. The molecule has 6 rings (SSSR count). The van der Waals surface area contributed by atoms with Gasteiger partial charge in [0.25, 0.3) is 18.0 Å². The van der Waals surface area contributed by atoms with E-state index in [0.29, 0.717) is 22.4 Å². The summed E-state index contributed by atoms with van der Waals surface area (Å²) < 4.78 is 50.2. The molecule has 3 aliphatic rings. The van der Waals surface area contributed by atoms with Gasteiger partial charge in [0.15, 0.2) is 0 Å². The van der Waals surface area contributed by atoms with Gasteiger partial charge < -0.3 is 20.6 Å². The minimum absolute atomic E-state index is 0.0171. The molecule has 1 saturated carbocycles. The van der Waals surface area contributed by atoms with Crippen molar-refractivity contribution in [3.05, 3.63) is 88.4 Å². The normalized spacial score (nSPS) is 21.2. The maximum absolute atomic E-state index is 13.2. The summed E-state index contributed by atoms with van der Waals surface area (Å²) in [6, 6.07) is 18.6. The van der Waals surface area contributed by atoms with Crippen molar-refractivity contribution in [1.29, 1.82) is 0 Å². The third kappa shape index (κ3) is 9.96. The van der Waals surface area contributed by atoms with Crippen LogP contribution in [0.2, 0.25) is 5.02 Å². The van der Waals surface area contributed by atoms with Crippen LogP contribution in [0.1, 0.15) is 60.0 Å². The number of aryl methyl sites for hydroxylation is 1.